The summed E-state index contributed by atoms with van der Waals surface area (Å²) in [6, 6.07) is 15.7. The summed E-state index contributed by atoms with van der Waals surface area (Å²) in [6.45, 7) is 3.37. The number of anilines is 1. The van der Waals surface area contributed by atoms with Gasteiger partial charge in [0.1, 0.15) is 28.8 Å². The summed E-state index contributed by atoms with van der Waals surface area (Å²) in [5.41, 5.74) is 0.809. The minimum Gasteiger partial charge on any atom is -0.457 e. The highest BCUT2D eigenvalue weighted by Gasteiger charge is 2.21. The average molecular weight is 403 g/mol. The third-order valence-electron chi connectivity index (χ3n) is 4.84. The lowest BCUT2D eigenvalue weighted by atomic mass is 10.2. The summed E-state index contributed by atoms with van der Waals surface area (Å²) in [7, 11) is 1.72. The number of nitrogens with zero attached hydrogens (tertiary/aromatic N) is 4. The van der Waals surface area contributed by atoms with Crippen LogP contribution in [0.4, 0.5) is 5.69 Å². The van der Waals surface area contributed by atoms with E-state index < -0.39 is 6.04 Å². The molecular formula is C22H21N5O3. The molecule has 30 heavy (non-hydrogen) atoms. The van der Waals surface area contributed by atoms with Crippen LogP contribution in [0.5, 0.6) is 11.5 Å². The van der Waals surface area contributed by atoms with Crippen LogP contribution in [0.1, 0.15) is 18.8 Å². The Kier molecular flexibility index (Phi) is 5.05. The predicted octanol–water partition coefficient (Wildman–Crippen LogP) is 3.43. The van der Waals surface area contributed by atoms with Gasteiger partial charge in [-0.05, 0) is 50.2 Å². The van der Waals surface area contributed by atoms with Gasteiger partial charge in [0, 0.05) is 12.7 Å². The maximum atomic E-state index is 12.9. The second-order valence-corrected chi connectivity index (χ2v) is 6.94. The Hall–Kier alpha value is -3.94. The minimum atomic E-state index is -0.741. The number of rotatable bonds is 5. The number of carbonyl (C=O) groups is 1. The number of benzene rings is 2. The van der Waals surface area contributed by atoms with E-state index in [2.05, 4.69) is 15.4 Å². The second kappa shape index (κ2) is 7.82. The molecule has 0 saturated carbocycles. The Bertz CT molecular complexity index is 1260. The molecule has 2 heterocycles. The van der Waals surface area contributed by atoms with E-state index in [1.807, 2.05) is 30.3 Å². The fourth-order valence-corrected chi connectivity index (χ4v) is 3.25. The van der Waals surface area contributed by atoms with E-state index in [1.54, 1.807) is 45.2 Å². The van der Waals surface area contributed by atoms with E-state index in [4.69, 9.17) is 4.74 Å². The zero-order chi connectivity index (χ0) is 21.3. The topological polar surface area (TPSA) is 91.0 Å². The number of fused-ring (bicyclic) bond motifs is 1. The van der Waals surface area contributed by atoms with E-state index in [0.29, 0.717) is 28.3 Å². The summed E-state index contributed by atoms with van der Waals surface area (Å²) < 4.78 is 8.68. The van der Waals surface area contributed by atoms with E-state index >= 15 is 0 Å². The van der Waals surface area contributed by atoms with Crippen molar-refractivity contribution < 1.29 is 9.53 Å². The number of hydrogen-bond donors (Lipinski definition) is 1. The molecule has 0 fully saturated rings. The summed E-state index contributed by atoms with van der Waals surface area (Å²) in [4.78, 5) is 30.1. The van der Waals surface area contributed by atoms with Gasteiger partial charge in [-0.2, -0.15) is 5.10 Å². The predicted molar refractivity (Wildman–Crippen MR) is 114 cm³/mol. The van der Waals surface area contributed by atoms with Gasteiger partial charge < -0.3 is 10.1 Å². The SMILES string of the molecule is Cc1nc2c(cnn2C)c(=O)n1C(C)C(=O)Nc1ccc(Oc2ccccc2)cc1. The number of ether oxygens (including phenoxy) is 1. The van der Waals surface area contributed by atoms with Crippen LogP contribution in [0, 0.1) is 6.92 Å². The van der Waals surface area contributed by atoms with Crippen molar-refractivity contribution in [3.8, 4) is 11.5 Å². The van der Waals surface area contributed by atoms with Crippen molar-refractivity contribution >= 4 is 22.6 Å². The lowest BCUT2D eigenvalue weighted by Crippen LogP contribution is -2.33. The van der Waals surface area contributed by atoms with Crippen LogP contribution in [0.15, 0.2) is 65.6 Å². The quantitative estimate of drug-likeness (QED) is 0.551. The van der Waals surface area contributed by atoms with Gasteiger partial charge in [-0.1, -0.05) is 18.2 Å². The molecule has 0 spiro atoms. The van der Waals surface area contributed by atoms with Gasteiger partial charge in [-0.15, -0.1) is 0 Å². The molecule has 1 amide bonds. The smallest absolute Gasteiger partial charge is 0.265 e. The van der Waals surface area contributed by atoms with Gasteiger partial charge >= 0.3 is 0 Å². The first-order valence-corrected chi connectivity index (χ1v) is 9.48. The van der Waals surface area contributed by atoms with Crippen molar-refractivity contribution in [1.29, 1.82) is 0 Å². The molecule has 4 aromatic rings. The largest absolute Gasteiger partial charge is 0.457 e. The van der Waals surface area contributed by atoms with Crippen LogP contribution < -0.4 is 15.6 Å². The maximum absolute atomic E-state index is 12.9. The van der Waals surface area contributed by atoms with E-state index in [0.717, 1.165) is 5.75 Å². The number of para-hydroxylation sites is 1. The van der Waals surface area contributed by atoms with Crippen molar-refractivity contribution in [2.75, 3.05) is 5.32 Å². The molecule has 2 aromatic heterocycles. The lowest BCUT2D eigenvalue weighted by Gasteiger charge is -2.17. The molecule has 0 aliphatic heterocycles. The molecule has 1 unspecified atom stereocenters. The Morgan fingerprint density at radius 3 is 2.43 bits per heavy atom. The Morgan fingerprint density at radius 1 is 1.07 bits per heavy atom. The zero-order valence-electron chi connectivity index (χ0n) is 16.9. The first-order valence-electron chi connectivity index (χ1n) is 9.48. The van der Waals surface area contributed by atoms with Gasteiger partial charge in [0.2, 0.25) is 5.91 Å². The number of aryl methyl sites for hydroxylation is 2. The fourth-order valence-electron chi connectivity index (χ4n) is 3.25. The summed E-state index contributed by atoms with van der Waals surface area (Å²) in [6.07, 6.45) is 1.47. The molecule has 8 nitrogen and oxygen atoms in total. The molecule has 0 aliphatic carbocycles. The fraction of sp³-hybridized carbons (Fsp3) is 0.182. The van der Waals surface area contributed by atoms with Gasteiger partial charge in [0.15, 0.2) is 5.65 Å². The summed E-state index contributed by atoms with van der Waals surface area (Å²) >= 11 is 0. The third kappa shape index (κ3) is 3.67. The Morgan fingerprint density at radius 2 is 1.73 bits per heavy atom. The van der Waals surface area contributed by atoms with Gasteiger partial charge in [-0.3, -0.25) is 18.8 Å². The second-order valence-electron chi connectivity index (χ2n) is 6.94. The van der Waals surface area contributed by atoms with Crippen LogP contribution in [-0.2, 0) is 11.8 Å². The molecule has 0 radical (unpaired) electrons. The minimum absolute atomic E-state index is 0.292. The first kappa shape index (κ1) is 19.4. The molecule has 8 heteroatoms. The van der Waals surface area contributed by atoms with Gasteiger partial charge in [0.05, 0.1) is 6.20 Å². The molecule has 1 N–H and O–H groups in total. The van der Waals surface area contributed by atoms with Crippen LogP contribution >= 0.6 is 0 Å². The molecule has 4 rings (SSSR count). The average Bonchev–Trinajstić information content (AvgIpc) is 3.11. The normalized spacial score (nSPS) is 12.0. The monoisotopic (exact) mass is 403 g/mol. The number of nitrogens with one attached hydrogen (secondary N) is 1. The summed E-state index contributed by atoms with van der Waals surface area (Å²) in [5.74, 6) is 1.52. The molecule has 1 atom stereocenters. The number of aromatic nitrogens is 4. The maximum Gasteiger partial charge on any atom is 0.265 e. The van der Waals surface area contributed by atoms with Crippen molar-refractivity contribution in [2.45, 2.75) is 19.9 Å². The highest BCUT2D eigenvalue weighted by Crippen LogP contribution is 2.23. The summed E-state index contributed by atoms with van der Waals surface area (Å²) in [5, 5.41) is 7.29. The standard InChI is InChI=1S/C22H21N5O3/c1-14(27-15(2)24-20-19(22(27)29)13-23-26(20)3)21(28)25-16-9-11-18(12-10-16)30-17-7-5-4-6-8-17/h4-14H,1-3H3,(H,25,28). The van der Waals surface area contributed by atoms with Crippen molar-refractivity contribution in [2.24, 2.45) is 7.05 Å². The Balaban J connectivity index is 1.51. The number of hydrogen-bond acceptors (Lipinski definition) is 5. The molecule has 0 bridgehead atoms. The van der Waals surface area contributed by atoms with Crippen molar-refractivity contribution in [3.05, 3.63) is 77.0 Å². The third-order valence-corrected chi connectivity index (χ3v) is 4.84. The van der Waals surface area contributed by atoms with Gasteiger partial charge in [0.25, 0.3) is 5.56 Å². The zero-order valence-corrected chi connectivity index (χ0v) is 16.9. The number of amides is 1. The highest BCUT2D eigenvalue weighted by molar-refractivity contribution is 5.93. The van der Waals surface area contributed by atoms with Gasteiger partial charge in [-0.25, -0.2) is 4.98 Å². The molecule has 2 aromatic carbocycles. The van der Waals surface area contributed by atoms with Crippen molar-refractivity contribution in [1.82, 2.24) is 19.3 Å². The van der Waals surface area contributed by atoms with Crippen LogP contribution in [0.25, 0.3) is 11.0 Å². The molecule has 152 valence electrons. The van der Waals surface area contributed by atoms with Crippen molar-refractivity contribution in [3.63, 3.8) is 0 Å². The Labute approximate surface area is 172 Å². The molecule has 0 saturated heterocycles. The van der Waals surface area contributed by atoms with E-state index in [1.165, 1.54) is 15.4 Å². The van der Waals surface area contributed by atoms with Crippen LogP contribution in [0.2, 0.25) is 0 Å². The molecule has 0 aliphatic rings. The highest BCUT2D eigenvalue weighted by atomic mass is 16.5. The van der Waals surface area contributed by atoms with Crippen LogP contribution in [0.3, 0.4) is 0 Å². The lowest BCUT2D eigenvalue weighted by molar-refractivity contribution is -0.118. The molecular weight excluding hydrogens is 382 g/mol. The first-order chi connectivity index (χ1) is 14.4. The van der Waals surface area contributed by atoms with Crippen LogP contribution in [-0.4, -0.2) is 25.2 Å². The van der Waals surface area contributed by atoms with E-state index in [-0.39, 0.29) is 11.5 Å². The van der Waals surface area contributed by atoms with E-state index in [9.17, 15) is 9.59 Å². The number of carbonyl (C=O) groups excluding carboxylic acids is 1.